The van der Waals surface area contributed by atoms with E-state index in [2.05, 4.69) is 10.6 Å². The van der Waals surface area contributed by atoms with Crippen LogP contribution >= 0.6 is 23.5 Å². The van der Waals surface area contributed by atoms with Crippen LogP contribution in [0.15, 0.2) is 10.7 Å². The van der Waals surface area contributed by atoms with Crippen molar-refractivity contribution >= 4 is 93.0 Å². The molecule has 0 aliphatic carbocycles. The van der Waals surface area contributed by atoms with Gasteiger partial charge >= 0.3 is 35.8 Å². The molecule has 0 fully saturated rings. The number of esters is 2. The van der Waals surface area contributed by atoms with Gasteiger partial charge in [0.1, 0.15) is 31.2 Å². The topological polar surface area (TPSA) is 396 Å². The predicted octanol–water partition coefficient (Wildman–Crippen LogP) is -3.16. The summed E-state index contributed by atoms with van der Waals surface area (Å²) < 4.78 is 33.1. The average molecular weight is 890 g/mol. The maximum absolute atomic E-state index is 13.4. The molecule has 1 aliphatic heterocycles. The number of hydroxylamine groups is 1. The molecule has 5 unspecified atom stereocenters. The standard InChI is InChI=1S/C30H43N5O20S3/c1-4-54-29(50)30(13-56-11-15(24(43)31-9-20(38)39)33-19(37)8-6-17(27(47)48)35(51)58(3,52)53)23(22(42)28(49)55-30)57-12-16(25(44)32-10-21(40)41)34-18(36)7-5-14(2)26(45)46/h14-17,42,51H,4-13H2,1-3H3,(H,31,43)(H,32,44)(H,33,37)(H,34,36)(H,38,39)(H,40,41)(H,45,46)(H,47,48). The molecule has 1 rings (SSSR count). The van der Waals surface area contributed by atoms with E-state index in [1.165, 1.54) is 13.8 Å². The number of ether oxygens (including phenoxy) is 2. The first-order valence-corrected chi connectivity index (χ1v) is 20.6. The fourth-order valence-electron chi connectivity index (χ4n) is 4.51. The van der Waals surface area contributed by atoms with Crippen LogP contribution in [0.25, 0.3) is 0 Å². The Bertz CT molecular complexity index is 1760. The lowest BCUT2D eigenvalue weighted by Crippen LogP contribution is -2.51. The molecule has 4 amide bonds. The van der Waals surface area contributed by atoms with Gasteiger partial charge in [-0.1, -0.05) is 11.4 Å². The minimum absolute atomic E-state index is 0.154. The van der Waals surface area contributed by atoms with Crippen molar-refractivity contribution in [3.05, 3.63) is 10.7 Å². The number of nitrogens with one attached hydrogen (secondary N) is 4. The van der Waals surface area contributed by atoms with Crippen molar-refractivity contribution in [1.82, 2.24) is 25.7 Å². The number of thioether (sulfide) groups is 2. The van der Waals surface area contributed by atoms with Crippen molar-refractivity contribution in [2.75, 3.05) is 43.2 Å². The molecule has 0 aromatic rings. The van der Waals surface area contributed by atoms with E-state index in [9.17, 15) is 71.8 Å². The fraction of sp³-hybridized carbons (Fsp3) is 0.600. The summed E-state index contributed by atoms with van der Waals surface area (Å²) in [5.41, 5.74) is -2.52. The number of aliphatic hydroxyl groups is 1. The molecule has 5 atom stereocenters. The quantitative estimate of drug-likeness (QED) is 0.0287. The smallest absolute Gasteiger partial charge is 0.375 e. The number of nitrogens with zero attached hydrogens (tertiary/aromatic N) is 1. The molecule has 1 aliphatic rings. The van der Waals surface area contributed by atoms with Gasteiger partial charge in [0, 0.05) is 30.1 Å². The lowest BCUT2D eigenvalue weighted by atomic mass is 10.1. The van der Waals surface area contributed by atoms with Crippen LogP contribution in [0.4, 0.5) is 0 Å². The van der Waals surface area contributed by atoms with Crippen molar-refractivity contribution < 1.29 is 96.6 Å². The number of cyclic esters (lactones) is 1. The Morgan fingerprint density at radius 3 is 1.79 bits per heavy atom. The number of carboxylic acid groups (broad SMARTS) is 4. The van der Waals surface area contributed by atoms with Crippen LogP contribution in [0.3, 0.4) is 0 Å². The maximum atomic E-state index is 13.4. The molecule has 326 valence electrons. The highest BCUT2D eigenvalue weighted by molar-refractivity contribution is 8.03. The third-order valence-corrected chi connectivity index (χ3v) is 11.0. The van der Waals surface area contributed by atoms with Gasteiger partial charge in [-0.05, 0) is 19.8 Å². The number of carbonyl (C=O) groups is 10. The number of hydrogen-bond acceptors (Lipinski definition) is 18. The molecule has 0 aromatic carbocycles. The largest absolute Gasteiger partial charge is 0.501 e. The molecule has 10 N–H and O–H groups in total. The third kappa shape index (κ3) is 16.0. The minimum atomic E-state index is -4.45. The van der Waals surface area contributed by atoms with Gasteiger partial charge in [0.15, 0.2) is 0 Å². The summed E-state index contributed by atoms with van der Waals surface area (Å²) in [6.45, 7) is 0.540. The molecule has 0 saturated carbocycles. The van der Waals surface area contributed by atoms with E-state index in [-0.39, 0.29) is 13.0 Å². The molecule has 0 saturated heterocycles. The van der Waals surface area contributed by atoms with Crippen LogP contribution in [-0.4, -0.2) is 170 Å². The normalized spacial score (nSPS) is 17.2. The predicted molar refractivity (Wildman–Crippen MR) is 195 cm³/mol. The zero-order valence-corrected chi connectivity index (χ0v) is 33.4. The Balaban J connectivity index is 3.40. The van der Waals surface area contributed by atoms with Crippen LogP contribution < -0.4 is 21.3 Å². The van der Waals surface area contributed by atoms with Crippen LogP contribution in [0.1, 0.15) is 39.5 Å². The molecule has 1 heterocycles. The van der Waals surface area contributed by atoms with Gasteiger partial charge < -0.3 is 56.3 Å². The highest BCUT2D eigenvalue weighted by Crippen LogP contribution is 2.43. The number of sulfonamides is 1. The Hall–Kier alpha value is -5.19. The number of carboxylic acids is 4. The van der Waals surface area contributed by atoms with Crippen molar-refractivity contribution in [1.29, 1.82) is 0 Å². The highest BCUT2D eigenvalue weighted by atomic mass is 32.2. The van der Waals surface area contributed by atoms with Crippen LogP contribution in [0, 0.1) is 5.92 Å². The fourth-order valence-corrected chi connectivity index (χ4v) is 7.68. The number of aliphatic hydroxyl groups excluding tert-OH is 1. The summed E-state index contributed by atoms with van der Waals surface area (Å²) >= 11 is 1.02. The molecule has 0 bridgehead atoms. The summed E-state index contributed by atoms with van der Waals surface area (Å²) in [5, 5.41) is 65.5. The Morgan fingerprint density at radius 1 is 0.845 bits per heavy atom. The van der Waals surface area contributed by atoms with Crippen LogP contribution in [0.2, 0.25) is 0 Å². The van der Waals surface area contributed by atoms with E-state index >= 15 is 0 Å². The SMILES string of the molecule is CCOC(=O)C1(CSCC(NC(=O)CCC(C(=O)O)N(O)S(C)(=O)=O)C(=O)NCC(=O)O)OC(=O)C(O)=C1SCC(NC(=O)CCC(C)C(=O)O)C(=O)NCC(=O)O. The van der Waals surface area contributed by atoms with Gasteiger partial charge in [-0.15, -0.1) is 11.8 Å². The van der Waals surface area contributed by atoms with Crippen molar-refractivity contribution in [2.24, 2.45) is 5.92 Å². The van der Waals surface area contributed by atoms with E-state index in [0.717, 1.165) is 0 Å². The summed E-state index contributed by atoms with van der Waals surface area (Å²) in [5.74, 6) is -16.8. The first-order valence-electron chi connectivity index (χ1n) is 16.6. The van der Waals surface area contributed by atoms with Gasteiger partial charge in [-0.25, -0.2) is 18.0 Å². The Labute approximate surface area is 337 Å². The third-order valence-electron chi connectivity index (χ3n) is 7.52. The number of amides is 4. The molecular formula is C30H43N5O20S3. The van der Waals surface area contributed by atoms with Gasteiger partial charge in [0.05, 0.1) is 23.7 Å². The van der Waals surface area contributed by atoms with E-state index < -0.39 is 164 Å². The van der Waals surface area contributed by atoms with Crippen molar-refractivity contribution in [2.45, 2.75) is 63.3 Å². The summed E-state index contributed by atoms with van der Waals surface area (Å²) in [6, 6.07) is -5.41. The lowest BCUT2D eigenvalue weighted by Gasteiger charge is -2.29. The Kier molecular flexibility index (Phi) is 20.4. The number of carbonyl (C=O) groups excluding carboxylic acids is 6. The van der Waals surface area contributed by atoms with Gasteiger partial charge in [0.2, 0.25) is 39.4 Å². The lowest BCUT2D eigenvalue weighted by molar-refractivity contribution is -0.169. The molecule has 58 heavy (non-hydrogen) atoms. The molecular weight excluding hydrogens is 847 g/mol. The number of aliphatic carboxylic acids is 4. The first-order chi connectivity index (χ1) is 26.9. The zero-order chi connectivity index (χ0) is 44.5. The molecule has 0 spiro atoms. The first kappa shape index (κ1) is 50.8. The summed E-state index contributed by atoms with van der Waals surface area (Å²) in [4.78, 5) is 122. The maximum Gasteiger partial charge on any atom is 0.375 e. The molecule has 0 radical (unpaired) electrons. The van der Waals surface area contributed by atoms with E-state index in [0.29, 0.717) is 29.8 Å². The second-order valence-corrected chi connectivity index (χ2v) is 16.0. The second kappa shape index (κ2) is 23.3. The zero-order valence-electron chi connectivity index (χ0n) is 31.0. The summed E-state index contributed by atoms with van der Waals surface area (Å²) in [7, 11) is -4.45. The van der Waals surface area contributed by atoms with Crippen LogP contribution in [0.5, 0.6) is 0 Å². The van der Waals surface area contributed by atoms with E-state index in [1.54, 1.807) is 0 Å². The van der Waals surface area contributed by atoms with Crippen molar-refractivity contribution in [3.63, 3.8) is 0 Å². The average Bonchev–Trinajstić information content (AvgIpc) is 3.37. The molecule has 25 nitrogen and oxygen atoms in total. The number of hydrogen-bond donors (Lipinski definition) is 10. The second-order valence-electron chi connectivity index (χ2n) is 12.1. The van der Waals surface area contributed by atoms with E-state index in [4.69, 9.17) is 24.8 Å². The highest BCUT2D eigenvalue weighted by Gasteiger charge is 2.56. The van der Waals surface area contributed by atoms with Gasteiger partial charge in [0.25, 0.3) is 5.60 Å². The van der Waals surface area contributed by atoms with Gasteiger partial charge in [-0.2, -0.15) is 11.8 Å². The van der Waals surface area contributed by atoms with Crippen LogP contribution in [-0.2, 0) is 67.4 Å². The molecule has 0 aromatic heterocycles. The monoisotopic (exact) mass is 889 g/mol. The van der Waals surface area contributed by atoms with Crippen molar-refractivity contribution in [3.8, 4) is 0 Å². The molecule has 28 heteroatoms. The van der Waals surface area contributed by atoms with E-state index in [1.807, 2.05) is 10.6 Å². The summed E-state index contributed by atoms with van der Waals surface area (Å²) in [6.07, 6.45) is -1.65. The minimum Gasteiger partial charge on any atom is -0.501 e. The Morgan fingerprint density at radius 2 is 1.34 bits per heavy atom. The number of rotatable bonds is 27. The van der Waals surface area contributed by atoms with Gasteiger partial charge in [-0.3, -0.25) is 43.6 Å².